The number of fused-ring (bicyclic) bond motifs is 3. The fourth-order valence-corrected chi connectivity index (χ4v) is 4.28. The third-order valence-electron chi connectivity index (χ3n) is 5.96. The van der Waals surface area contributed by atoms with Crippen LogP contribution in [0.25, 0.3) is 11.1 Å². The van der Waals surface area contributed by atoms with Gasteiger partial charge in [-0.3, -0.25) is 4.79 Å². The Balaban J connectivity index is 1.65. The quantitative estimate of drug-likeness (QED) is 0.468. The third kappa shape index (κ3) is 6.14. The molecule has 2 amide bonds. The molecular weight excluding hydrogens is 434 g/mol. The summed E-state index contributed by atoms with van der Waals surface area (Å²) in [6, 6.07) is 14.2. The molecule has 0 unspecified atom stereocenters. The van der Waals surface area contributed by atoms with E-state index in [0.717, 1.165) is 28.7 Å². The molecule has 0 heterocycles. The number of hydrogen-bond acceptors (Lipinski definition) is 5. The molecule has 0 bridgehead atoms. The molecule has 34 heavy (non-hydrogen) atoms. The zero-order valence-corrected chi connectivity index (χ0v) is 19.9. The number of hydrogen-bond donors (Lipinski definition) is 3. The van der Waals surface area contributed by atoms with Gasteiger partial charge in [0.05, 0.1) is 0 Å². The van der Waals surface area contributed by atoms with Crippen molar-refractivity contribution in [2.24, 2.45) is 0 Å². The Morgan fingerprint density at radius 3 is 2.09 bits per heavy atom. The van der Waals surface area contributed by atoms with Crippen LogP contribution in [0.1, 0.15) is 43.2 Å². The minimum Gasteiger partial charge on any atom is -0.480 e. The van der Waals surface area contributed by atoms with E-state index < -0.39 is 30.1 Å². The standard InChI is InChI=1S/C26H33N3O5/c1-4-5-14-22(24(30)27-23(25(31)32)15-29(2)3)28-26(33)34-16-21-19-12-8-6-10-17(19)18-11-7-9-13-20(18)21/h6-13,21-23H,4-5,14-16H2,1-3H3,(H,27,30)(H,28,33)(H,31,32)/t22-,23-/m0/s1. The van der Waals surface area contributed by atoms with Crippen molar-refractivity contribution in [1.29, 1.82) is 0 Å². The lowest BCUT2D eigenvalue weighted by atomic mass is 9.98. The summed E-state index contributed by atoms with van der Waals surface area (Å²) in [6.07, 6.45) is 1.22. The Morgan fingerprint density at radius 1 is 0.971 bits per heavy atom. The molecule has 0 saturated heterocycles. The molecule has 8 heteroatoms. The predicted molar refractivity (Wildman–Crippen MR) is 130 cm³/mol. The van der Waals surface area contributed by atoms with E-state index in [1.165, 1.54) is 0 Å². The minimum atomic E-state index is -1.13. The van der Waals surface area contributed by atoms with E-state index in [-0.39, 0.29) is 19.1 Å². The number of nitrogens with zero attached hydrogens (tertiary/aromatic N) is 1. The number of rotatable bonds is 11. The van der Waals surface area contributed by atoms with Crippen LogP contribution in [-0.2, 0) is 14.3 Å². The number of carbonyl (C=O) groups is 3. The molecule has 182 valence electrons. The van der Waals surface area contributed by atoms with Crippen LogP contribution in [0.5, 0.6) is 0 Å². The summed E-state index contributed by atoms with van der Waals surface area (Å²) in [5, 5.41) is 14.6. The van der Waals surface area contributed by atoms with Crippen molar-refractivity contribution in [3.8, 4) is 11.1 Å². The second-order valence-electron chi connectivity index (χ2n) is 8.83. The van der Waals surface area contributed by atoms with Gasteiger partial charge in [-0.05, 0) is 42.8 Å². The van der Waals surface area contributed by atoms with E-state index in [9.17, 15) is 19.5 Å². The molecule has 0 radical (unpaired) electrons. The molecule has 0 aliphatic heterocycles. The zero-order chi connectivity index (χ0) is 24.7. The van der Waals surface area contributed by atoms with Gasteiger partial charge in [0.2, 0.25) is 5.91 Å². The number of aliphatic carboxylic acids is 1. The molecule has 0 spiro atoms. The van der Waals surface area contributed by atoms with Crippen LogP contribution in [0.3, 0.4) is 0 Å². The van der Waals surface area contributed by atoms with Crippen molar-refractivity contribution in [2.45, 2.75) is 44.2 Å². The first-order chi connectivity index (χ1) is 16.3. The summed E-state index contributed by atoms with van der Waals surface area (Å²) in [4.78, 5) is 38.7. The van der Waals surface area contributed by atoms with Crippen molar-refractivity contribution in [3.05, 3.63) is 59.7 Å². The fraction of sp³-hybridized carbons (Fsp3) is 0.423. The van der Waals surface area contributed by atoms with Crippen molar-refractivity contribution >= 4 is 18.0 Å². The third-order valence-corrected chi connectivity index (χ3v) is 5.96. The van der Waals surface area contributed by atoms with Gasteiger partial charge in [-0.2, -0.15) is 0 Å². The first-order valence-electron chi connectivity index (χ1n) is 11.6. The van der Waals surface area contributed by atoms with E-state index in [1.54, 1.807) is 19.0 Å². The minimum absolute atomic E-state index is 0.0856. The zero-order valence-electron chi connectivity index (χ0n) is 19.9. The SMILES string of the molecule is CCCC[C@H](NC(=O)OCC1c2ccccc2-c2ccccc21)C(=O)N[C@@H](CN(C)C)C(=O)O. The second-order valence-corrected chi connectivity index (χ2v) is 8.83. The molecule has 2 aromatic rings. The van der Waals surface area contributed by atoms with Gasteiger partial charge in [0, 0.05) is 12.5 Å². The van der Waals surface area contributed by atoms with Gasteiger partial charge in [0.15, 0.2) is 0 Å². The van der Waals surface area contributed by atoms with Gasteiger partial charge in [-0.25, -0.2) is 9.59 Å². The number of unbranched alkanes of at least 4 members (excludes halogenated alkanes) is 1. The summed E-state index contributed by atoms with van der Waals surface area (Å²) < 4.78 is 5.56. The van der Waals surface area contributed by atoms with E-state index in [2.05, 4.69) is 22.8 Å². The summed E-state index contributed by atoms with van der Waals surface area (Å²) in [7, 11) is 3.46. The molecular formula is C26H33N3O5. The molecule has 0 saturated carbocycles. The van der Waals surface area contributed by atoms with E-state index in [4.69, 9.17) is 4.74 Å². The maximum absolute atomic E-state index is 12.8. The molecule has 0 fully saturated rings. The number of likely N-dealkylation sites (N-methyl/N-ethyl adjacent to an activating group) is 1. The summed E-state index contributed by atoms with van der Waals surface area (Å²) in [5.74, 6) is -1.74. The van der Waals surface area contributed by atoms with Crippen molar-refractivity contribution < 1.29 is 24.2 Å². The smallest absolute Gasteiger partial charge is 0.407 e. The van der Waals surface area contributed by atoms with E-state index >= 15 is 0 Å². The number of benzene rings is 2. The molecule has 1 aliphatic carbocycles. The Bertz CT molecular complexity index is 978. The maximum atomic E-state index is 12.8. The van der Waals surface area contributed by atoms with Crippen molar-refractivity contribution in [3.63, 3.8) is 0 Å². The number of ether oxygens (including phenoxy) is 1. The van der Waals surface area contributed by atoms with Gasteiger partial charge in [0.1, 0.15) is 18.7 Å². The number of alkyl carbamates (subject to hydrolysis) is 1. The average Bonchev–Trinajstić information content (AvgIpc) is 3.13. The Morgan fingerprint density at radius 2 is 1.56 bits per heavy atom. The van der Waals surface area contributed by atoms with Gasteiger partial charge >= 0.3 is 12.1 Å². The summed E-state index contributed by atoms with van der Waals surface area (Å²) in [5.41, 5.74) is 4.47. The molecule has 8 nitrogen and oxygen atoms in total. The molecule has 2 atom stereocenters. The number of nitrogens with one attached hydrogen (secondary N) is 2. The van der Waals surface area contributed by atoms with E-state index in [0.29, 0.717) is 12.8 Å². The van der Waals surface area contributed by atoms with Gasteiger partial charge < -0.3 is 25.4 Å². The van der Waals surface area contributed by atoms with Gasteiger partial charge in [-0.15, -0.1) is 0 Å². The van der Waals surface area contributed by atoms with Gasteiger partial charge in [-0.1, -0.05) is 68.3 Å². The number of amides is 2. The summed E-state index contributed by atoms with van der Waals surface area (Å²) in [6.45, 7) is 2.27. The topological polar surface area (TPSA) is 108 Å². The highest BCUT2D eigenvalue weighted by Crippen LogP contribution is 2.44. The normalized spacial score (nSPS) is 14.1. The van der Waals surface area contributed by atoms with Crippen molar-refractivity contribution in [2.75, 3.05) is 27.2 Å². The van der Waals surface area contributed by atoms with E-state index in [1.807, 2.05) is 43.3 Å². The van der Waals surface area contributed by atoms with Crippen LogP contribution in [0.2, 0.25) is 0 Å². The Hall–Kier alpha value is -3.39. The molecule has 3 N–H and O–H groups in total. The largest absolute Gasteiger partial charge is 0.480 e. The molecule has 1 aliphatic rings. The lowest BCUT2D eigenvalue weighted by molar-refractivity contribution is -0.142. The van der Waals surface area contributed by atoms with Gasteiger partial charge in [0.25, 0.3) is 0 Å². The van der Waals surface area contributed by atoms with Crippen LogP contribution >= 0.6 is 0 Å². The predicted octanol–water partition coefficient (Wildman–Crippen LogP) is 3.21. The maximum Gasteiger partial charge on any atom is 0.407 e. The Kier molecular flexibility index (Phi) is 8.65. The second kappa shape index (κ2) is 11.7. The molecule has 2 aromatic carbocycles. The lowest BCUT2D eigenvalue weighted by Crippen LogP contribution is -2.54. The first kappa shape index (κ1) is 25.2. The highest BCUT2D eigenvalue weighted by molar-refractivity contribution is 5.89. The molecule has 0 aromatic heterocycles. The summed E-state index contributed by atoms with van der Waals surface area (Å²) >= 11 is 0. The van der Waals surface area contributed by atoms with Crippen LogP contribution in [0.4, 0.5) is 4.79 Å². The molecule has 3 rings (SSSR count). The number of carboxylic acid groups (broad SMARTS) is 1. The van der Waals surface area contributed by atoms with Crippen LogP contribution < -0.4 is 10.6 Å². The highest BCUT2D eigenvalue weighted by atomic mass is 16.5. The first-order valence-corrected chi connectivity index (χ1v) is 11.6. The monoisotopic (exact) mass is 467 g/mol. The fourth-order valence-electron chi connectivity index (χ4n) is 4.28. The van der Waals surface area contributed by atoms with Crippen LogP contribution in [0.15, 0.2) is 48.5 Å². The lowest BCUT2D eigenvalue weighted by Gasteiger charge is -2.23. The average molecular weight is 468 g/mol. The number of carboxylic acids is 1. The Labute approximate surface area is 200 Å². The van der Waals surface area contributed by atoms with Crippen LogP contribution in [-0.4, -0.2) is 67.3 Å². The van der Waals surface area contributed by atoms with Crippen LogP contribution in [0, 0.1) is 0 Å². The number of carbonyl (C=O) groups excluding carboxylic acids is 2. The van der Waals surface area contributed by atoms with Crippen molar-refractivity contribution in [1.82, 2.24) is 15.5 Å². The highest BCUT2D eigenvalue weighted by Gasteiger charge is 2.30.